The second-order valence-electron chi connectivity index (χ2n) is 7.80. The molecule has 0 radical (unpaired) electrons. The first-order valence-corrected chi connectivity index (χ1v) is 8.40. The summed E-state index contributed by atoms with van der Waals surface area (Å²) in [6, 6.07) is 0.496. The zero-order valence-electron chi connectivity index (χ0n) is 12.3. The molecule has 4 rings (SSSR count). The summed E-state index contributed by atoms with van der Waals surface area (Å²) in [6.07, 6.45) is 13.0. The fourth-order valence-electron chi connectivity index (χ4n) is 5.86. The summed E-state index contributed by atoms with van der Waals surface area (Å²) in [5, 5.41) is 0. The highest BCUT2D eigenvalue weighted by Gasteiger charge is 2.53. The summed E-state index contributed by atoms with van der Waals surface area (Å²) >= 11 is 0. The van der Waals surface area contributed by atoms with Gasteiger partial charge in [-0.05, 0) is 74.0 Å². The zero-order chi connectivity index (χ0) is 12.8. The molecule has 0 saturated heterocycles. The first-order valence-electron chi connectivity index (χ1n) is 8.40. The fourth-order valence-corrected chi connectivity index (χ4v) is 5.86. The van der Waals surface area contributed by atoms with Gasteiger partial charge in [0.2, 0.25) is 0 Å². The molecule has 0 heterocycles. The van der Waals surface area contributed by atoms with E-state index in [2.05, 4.69) is 13.8 Å². The summed E-state index contributed by atoms with van der Waals surface area (Å²) in [7, 11) is 0. The van der Waals surface area contributed by atoms with E-state index in [1.807, 2.05) is 0 Å². The molecule has 0 spiro atoms. The molecule has 18 heavy (non-hydrogen) atoms. The molecule has 1 heteroatoms. The van der Waals surface area contributed by atoms with Crippen molar-refractivity contribution in [2.75, 3.05) is 0 Å². The van der Waals surface area contributed by atoms with Crippen LogP contribution in [0.4, 0.5) is 0 Å². The van der Waals surface area contributed by atoms with E-state index in [1.54, 1.807) is 0 Å². The van der Waals surface area contributed by atoms with E-state index in [0.29, 0.717) is 11.5 Å². The van der Waals surface area contributed by atoms with E-state index >= 15 is 0 Å². The van der Waals surface area contributed by atoms with Crippen molar-refractivity contribution >= 4 is 0 Å². The molecule has 1 atom stereocenters. The molecule has 104 valence electrons. The fraction of sp³-hybridized carbons (Fsp3) is 1.00. The molecule has 0 amide bonds. The third-order valence-electron chi connectivity index (χ3n) is 6.61. The molecular formula is C17H31N. The van der Waals surface area contributed by atoms with Crippen molar-refractivity contribution < 1.29 is 0 Å². The van der Waals surface area contributed by atoms with Crippen molar-refractivity contribution in [3.63, 3.8) is 0 Å². The van der Waals surface area contributed by atoms with Gasteiger partial charge in [-0.25, -0.2) is 0 Å². The topological polar surface area (TPSA) is 26.0 Å². The second-order valence-corrected chi connectivity index (χ2v) is 7.80. The average molecular weight is 249 g/mol. The maximum atomic E-state index is 6.72. The number of hydrogen-bond acceptors (Lipinski definition) is 1. The third kappa shape index (κ3) is 2.13. The number of rotatable bonds is 5. The van der Waals surface area contributed by atoms with E-state index in [-0.39, 0.29) is 0 Å². The molecule has 0 aromatic carbocycles. The molecule has 4 aliphatic rings. The van der Waals surface area contributed by atoms with Gasteiger partial charge in [0.15, 0.2) is 0 Å². The Labute approximate surface area is 113 Å². The summed E-state index contributed by atoms with van der Waals surface area (Å²) < 4.78 is 0. The molecule has 1 nitrogen and oxygen atoms in total. The monoisotopic (exact) mass is 249 g/mol. The highest BCUT2D eigenvalue weighted by molar-refractivity contribution is 5.05. The Hall–Kier alpha value is -0.0400. The van der Waals surface area contributed by atoms with Gasteiger partial charge in [-0.3, -0.25) is 0 Å². The molecule has 0 aliphatic heterocycles. The lowest BCUT2D eigenvalue weighted by atomic mass is 9.47. The molecular weight excluding hydrogens is 218 g/mol. The smallest absolute Gasteiger partial charge is 0.00985 e. The van der Waals surface area contributed by atoms with Crippen LogP contribution in [0.3, 0.4) is 0 Å². The largest absolute Gasteiger partial charge is 0.327 e. The highest BCUT2D eigenvalue weighted by Crippen LogP contribution is 2.61. The van der Waals surface area contributed by atoms with Gasteiger partial charge in [0.05, 0.1) is 0 Å². The van der Waals surface area contributed by atoms with Crippen LogP contribution in [-0.2, 0) is 0 Å². The molecule has 4 saturated carbocycles. The minimum absolute atomic E-state index is 0.496. The quantitative estimate of drug-likeness (QED) is 0.770. The van der Waals surface area contributed by atoms with E-state index < -0.39 is 0 Å². The van der Waals surface area contributed by atoms with Crippen LogP contribution in [0.15, 0.2) is 0 Å². The number of hydrogen-bond donors (Lipinski definition) is 1. The van der Waals surface area contributed by atoms with Crippen LogP contribution >= 0.6 is 0 Å². The Morgan fingerprint density at radius 2 is 1.39 bits per heavy atom. The lowest BCUT2D eigenvalue weighted by Gasteiger charge is -2.59. The van der Waals surface area contributed by atoms with Crippen LogP contribution in [0.2, 0.25) is 0 Å². The van der Waals surface area contributed by atoms with Gasteiger partial charge in [-0.15, -0.1) is 0 Å². The van der Waals surface area contributed by atoms with Crippen molar-refractivity contribution in [2.45, 2.75) is 77.7 Å². The van der Waals surface area contributed by atoms with Crippen molar-refractivity contribution in [1.82, 2.24) is 0 Å². The van der Waals surface area contributed by atoms with Crippen LogP contribution in [0.5, 0.6) is 0 Å². The Morgan fingerprint density at radius 1 is 0.944 bits per heavy atom. The second kappa shape index (κ2) is 4.81. The Morgan fingerprint density at radius 3 is 1.78 bits per heavy atom. The predicted molar refractivity (Wildman–Crippen MR) is 77.3 cm³/mol. The lowest BCUT2D eigenvalue weighted by Crippen LogP contribution is -2.54. The molecule has 2 N–H and O–H groups in total. The van der Waals surface area contributed by atoms with E-state index in [4.69, 9.17) is 5.73 Å². The maximum Gasteiger partial charge on any atom is 0.00985 e. The van der Waals surface area contributed by atoms with Crippen LogP contribution in [0.25, 0.3) is 0 Å². The standard InChI is InChI=1S/C17H31N/c1-3-12(4-2)8-16(18)17-9-13-5-14(10-17)7-15(6-13)11-17/h12-16H,3-11,18H2,1-2H3. The van der Waals surface area contributed by atoms with Gasteiger partial charge in [0.1, 0.15) is 0 Å². The Balaban J connectivity index is 1.70. The summed E-state index contributed by atoms with van der Waals surface area (Å²) in [6.45, 7) is 4.67. The minimum Gasteiger partial charge on any atom is -0.327 e. The summed E-state index contributed by atoms with van der Waals surface area (Å²) in [5.74, 6) is 4.00. The summed E-state index contributed by atoms with van der Waals surface area (Å²) in [4.78, 5) is 0. The van der Waals surface area contributed by atoms with E-state index in [1.165, 1.54) is 57.8 Å². The van der Waals surface area contributed by atoms with Crippen molar-refractivity contribution in [3.05, 3.63) is 0 Å². The van der Waals surface area contributed by atoms with Crippen molar-refractivity contribution in [1.29, 1.82) is 0 Å². The van der Waals surface area contributed by atoms with Crippen LogP contribution < -0.4 is 5.73 Å². The van der Waals surface area contributed by atoms with E-state index in [9.17, 15) is 0 Å². The molecule has 0 aromatic heterocycles. The highest BCUT2D eigenvalue weighted by atomic mass is 14.7. The average Bonchev–Trinajstić information content (AvgIpc) is 2.34. The molecule has 4 bridgehead atoms. The summed E-state index contributed by atoms with van der Waals surface area (Å²) in [5.41, 5.74) is 7.29. The van der Waals surface area contributed by atoms with Crippen molar-refractivity contribution in [3.8, 4) is 0 Å². The Bertz CT molecular complexity index is 257. The van der Waals surface area contributed by atoms with Crippen LogP contribution in [0, 0.1) is 29.1 Å². The SMILES string of the molecule is CCC(CC)CC(N)C12CC3CC(CC(C3)C1)C2. The predicted octanol–water partition coefficient (Wildman–Crippen LogP) is 4.36. The third-order valence-corrected chi connectivity index (χ3v) is 6.61. The molecule has 4 fully saturated rings. The van der Waals surface area contributed by atoms with Crippen LogP contribution in [0.1, 0.15) is 71.6 Å². The van der Waals surface area contributed by atoms with Crippen molar-refractivity contribution in [2.24, 2.45) is 34.8 Å². The van der Waals surface area contributed by atoms with Gasteiger partial charge in [-0.1, -0.05) is 26.7 Å². The van der Waals surface area contributed by atoms with Gasteiger partial charge >= 0.3 is 0 Å². The van der Waals surface area contributed by atoms with E-state index in [0.717, 1.165) is 23.7 Å². The lowest BCUT2D eigenvalue weighted by molar-refractivity contribution is -0.0705. The molecule has 4 aliphatic carbocycles. The first-order chi connectivity index (χ1) is 8.65. The maximum absolute atomic E-state index is 6.72. The van der Waals surface area contributed by atoms with Gasteiger partial charge in [-0.2, -0.15) is 0 Å². The minimum atomic E-state index is 0.496. The van der Waals surface area contributed by atoms with Crippen LogP contribution in [-0.4, -0.2) is 6.04 Å². The Kier molecular flexibility index (Phi) is 3.47. The van der Waals surface area contributed by atoms with Gasteiger partial charge < -0.3 is 5.73 Å². The first kappa shape index (κ1) is 13.0. The van der Waals surface area contributed by atoms with Gasteiger partial charge in [0, 0.05) is 6.04 Å². The molecule has 0 aromatic rings. The van der Waals surface area contributed by atoms with Gasteiger partial charge in [0.25, 0.3) is 0 Å². The zero-order valence-corrected chi connectivity index (χ0v) is 12.3. The normalized spacial score (nSPS) is 43.7. The number of nitrogens with two attached hydrogens (primary N) is 1. The molecule has 1 unspecified atom stereocenters.